The van der Waals surface area contributed by atoms with E-state index in [1.165, 1.54) is 58.7 Å². The van der Waals surface area contributed by atoms with Gasteiger partial charge in [0.2, 0.25) is 0 Å². The van der Waals surface area contributed by atoms with Gasteiger partial charge in [-0.25, -0.2) is 9.18 Å². The van der Waals surface area contributed by atoms with Crippen LogP contribution in [0.5, 0.6) is 5.75 Å². The van der Waals surface area contributed by atoms with Crippen molar-refractivity contribution in [3.05, 3.63) is 71.6 Å². The van der Waals surface area contributed by atoms with Gasteiger partial charge in [-0.05, 0) is 29.8 Å². The van der Waals surface area contributed by atoms with Crippen molar-refractivity contribution >= 4 is 29.0 Å². The van der Waals surface area contributed by atoms with Gasteiger partial charge in [-0.15, -0.1) is 0 Å². The third-order valence-corrected chi connectivity index (χ3v) is 5.15. The van der Waals surface area contributed by atoms with Crippen LogP contribution in [0.25, 0.3) is 16.6 Å². The van der Waals surface area contributed by atoms with Crippen LogP contribution in [0.4, 0.5) is 14.9 Å². The Morgan fingerprint density at radius 2 is 2.00 bits per heavy atom. The number of benzene rings is 1. The number of hydrogen-bond acceptors (Lipinski definition) is 6. The van der Waals surface area contributed by atoms with E-state index in [4.69, 9.17) is 10.5 Å². The lowest BCUT2D eigenvalue weighted by Gasteiger charge is -2.12. The summed E-state index contributed by atoms with van der Waals surface area (Å²) < 4.78 is 23.2. The average molecular weight is 465 g/mol. The maximum absolute atomic E-state index is 15.4. The summed E-state index contributed by atoms with van der Waals surface area (Å²) in [7, 11) is 1.68. The van der Waals surface area contributed by atoms with Crippen LogP contribution in [0.3, 0.4) is 0 Å². The summed E-state index contributed by atoms with van der Waals surface area (Å²) in [6.07, 6.45) is 3.48. The lowest BCUT2D eigenvalue weighted by atomic mass is 10.0. The zero-order valence-corrected chi connectivity index (χ0v) is 18.2. The molecule has 0 bridgehead atoms. The molecule has 174 valence electrons. The molecule has 3 heterocycles. The van der Waals surface area contributed by atoms with Crippen LogP contribution in [0.15, 0.2) is 48.9 Å². The van der Waals surface area contributed by atoms with E-state index >= 15 is 4.39 Å². The fourth-order valence-corrected chi connectivity index (χ4v) is 3.64. The molecule has 3 aromatic heterocycles. The monoisotopic (exact) mass is 465 g/mol. The van der Waals surface area contributed by atoms with Crippen LogP contribution in [0.1, 0.15) is 33.3 Å². The number of Topliss-reactive ketones (excluding diaryl/α,β-unsaturated/α-hetero) is 1. The lowest BCUT2D eigenvalue weighted by Crippen LogP contribution is -2.16. The molecule has 2 amide bonds. The zero-order valence-electron chi connectivity index (χ0n) is 18.2. The number of anilines is 1. The number of carbonyl (C=O) groups is 3. The molecule has 0 aliphatic heterocycles. The number of hydrogen-bond donors (Lipinski definition) is 3. The Hall–Kier alpha value is -4.51. The van der Waals surface area contributed by atoms with Gasteiger partial charge in [-0.1, -0.05) is 0 Å². The van der Waals surface area contributed by atoms with Crippen LogP contribution >= 0.6 is 0 Å². The largest absolute Gasteiger partial charge is 0.410 e. The summed E-state index contributed by atoms with van der Waals surface area (Å²) in [4.78, 5) is 36.4. The predicted molar refractivity (Wildman–Crippen MR) is 120 cm³/mol. The van der Waals surface area contributed by atoms with E-state index in [-0.39, 0.29) is 46.2 Å². The Morgan fingerprint density at radius 3 is 2.62 bits per heavy atom. The Labute approximate surface area is 192 Å². The normalized spacial score (nSPS) is 10.9. The number of nitrogens with two attached hydrogens (primary N) is 1. The number of pyridine rings is 1. The molecule has 1 aromatic carbocycles. The Balaban J connectivity index is 1.79. The van der Waals surface area contributed by atoms with E-state index in [1.54, 1.807) is 13.2 Å². The number of rotatable bonds is 6. The number of fused-ring (bicyclic) bond motifs is 1. The molecule has 0 spiro atoms. The quantitative estimate of drug-likeness (QED) is 0.374. The first kappa shape index (κ1) is 22.7. The zero-order chi connectivity index (χ0) is 24.6. The second-order valence-corrected chi connectivity index (χ2v) is 7.56. The number of aromatic nitrogens is 3. The third-order valence-electron chi connectivity index (χ3n) is 5.15. The van der Waals surface area contributed by atoms with E-state index in [9.17, 15) is 19.5 Å². The molecular weight excluding hydrogens is 445 g/mol. The summed E-state index contributed by atoms with van der Waals surface area (Å²) in [6, 6.07) is 6.93. The maximum Gasteiger partial charge on any atom is 0.409 e. The first-order valence-corrected chi connectivity index (χ1v) is 10.0. The van der Waals surface area contributed by atoms with Crippen LogP contribution in [0, 0.1) is 5.82 Å². The van der Waals surface area contributed by atoms with Crippen LogP contribution in [-0.2, 0) is 13.7 Å². The van der Waals surface area contributed by atoms with Crippen molar-refractivity contribution in [2.75, 3.05) is 5.32 Å². The van der Waals surface area contributed by atoms with E-state index in [2.05, 4.69) is 10.4 Å². The van der Waals surface area contributed by atoms with Gasteiger partial charge in [0.25, 0.3) is 5.91 Å². The molecule has 4 aromatic rings. The average Bonchev–Trinajstić information content (AvgIpc) is 3.38. The second kappa shape index (κ2) is 8.79. The summed E-state index contributed by atoms with van der Waals surface area (Å²) in [5.41, 5.74) is 6.37. The molecule has 0 atom stereocenters. The van der Waals surface area contributed by atoms with E-state index in [1.807, 2.05) is 0 Å². The summed E-state index contributed by atoms with van der Waals surface area (Å²) in [5.74, 6) is -1.68. The molecule has 0 radical (unpaired) electrons. The number of nitrogens with zero attached hydrogens (tertiary/aromatic N) is 3. The standard InChI is InChI=1S/C23H20FN5O5/c1-12(31)19-8-17(20-7-15(34-23(25)33)3-4-29(19)20)22(32)27-18-6-13(11-30)5-16(21(18)24)14-9-26-28(2)10-14/h3-10,30H,11H2,1-2H3,(H2,25,33)(H,27,32). The summed E-state index contributed by atoms with van der Waals surface area (Å²) in [5, 5.41) is 16.2. The van der Waals surface area contributed by atoms with Crippen molar-refractivity contribution in [2.24, 2.45) is 12.8 Å². The van der Waals surface area contributed by atoms with Crippen LogP contribution in [0.2, 0.25) is 0 Å². The third kappa shape index (κ3) is 4.24. The number of ketones is 1. The molecule has 0 aliphatic rings. The van der Waals surface area contributed by atoms with Crippen LogP contribution in [-0.4, -0.2) is 37.1 Å². The number of ether oxygens (including phenoxy) is 1. The van der Waals surface area contributed by atoms with Crippen molar-refractivity contribution < 1.29 is 28.6 Å². The van der Waals surface area contributed by atoms with Gasteiger partial charge in [0.05, 0.1) is 35.3 Å². The Morgan fingerprint density at radius 1 is 1.24 bits per heavy atom. The van der Waals surface area contributed by atoms with Crippen molar-refractivity contribution in [1.29, 1.82) is 0 Å². The topological polar surface area (TPSA) is 141 Å². The molecule has 0 fully saturated rings. The fourth-order valence-electron chi connectivity index (χ4n) is 3.64. The van der Waals surface area contributed by atoms with E-state index in [0.29, 0.717) is 11.1 Å². The van der Waals surface area contributed by atoms with Crippen molar-refractivity contribution in [2.45, 2.75) is 13.5 Å². The maximum atomic E-state index is 15.4. The molecule has 0 unspecified atom stereocenters. The molecule has 34 heavy (non-hydrogen) atoms. The highest BCUT2D eigenvalue weighted by molar-refractivity contribution is 6.11. The first-order valence-electron chi connectivity index (χ1n) is 10.0. The number of primary amides is 1. The van der Waals surface area contributed by atoms with Gasteiger partial charge in [0, 0.05) is 43.6 Å². The SMILES string of the molecule is CC(=O)c1cc(C(=O)Nc2cc(CO)cc(-c3cnn(C)c3)c2F)c2cc(OC(N)=O)ccn12. The van der Waals surface area contributed by atoms with Crippen molar-refractivity contribution in [3.63, 3.8) is 0 Å². The highest BCUT2D eigenvalue weighted by Crippen LogP contribution is 2.31. The smallest absolute Gasteiger partial charge is 0.409 e. The van der Waals surface area contributed by atoms with Crippen molar-refractivity contribution in [1.82, 2.24) is 14.2 Å². The number of aryl methyl sites for hydroxylation is 1. The van der Waals surface area contributed by atoms with E-state index in [0.717, 1.165) is 0 Å². The highest BCUT2D eigenvalue weighted by atomic mass is 19.1. The molecule has 4 rings (SSSR count). The summed E-state index contributed by atoms with van der Waals surface area (Å²) in [6.45, 7) is 0.954. The second-order valence-electron chi connectivity index (χ2n) is 7.56. The minimum Gasteiger partial charge on any atom is -0.410 e. The van der Waals surface area contributed by atoms with E-state index < -0.39 is 17.8 Å². The van der Waals surface area contributed by atoms with Crippen LogP contribution < -0.4 is 15.8 Å². The number of aliphatic hydroxyl groups excluding tert-OH is 1. The molecule has 0 saturated carbocycles. The predicted octanol–water partition coefficient (Wildman–Crippen LogP) is 2.88. The molecule has 11 heteroatoms. The van der Waals surface area contributed by atoms with Gasteiger partial charge in [0.15, 0.2) is 11.6 Å². The Bertz CT molecular complexity index is 1460. The number of nitrogens with one attached hydrogen (secondary N) is 1. The minimum absolute atomic E-state index is 0.0387. The lowest BCUT2D eigenvalue weighted by molar-refractivity contribution is 0.101. The van der Waals surface area contributed by atoms with Crippen molar-refractivity contribution in [3.8, 4) is 16.9 Å². The number of carbonyl (C=O) groups excluding carboxylic acids is 3. The number of amides is 2. The van der Waals surface area contributed by atoms with Gasteiger partial charge in [0.1, 0.15) is 5.75 Å². The van der Waals surface area contributed by atoms with Gasteiger partial charge in [-0.3, -0.25) is 14.3 Å². The minimum atomic E-state index is -1.04. The van der Waals surface area contributed by atoms with Gasteiger partial charge >= 0.3 is 6.09 Å². The molecular formula is C23H20FN5O5. The number of aliphatic hydroxyl groups is 1. The fraction of sp³-hybridized carbons (Fsp3) is 0.130. The molecule has 0 saturated heterocycles. The molecule has 0 aliphatic carbocycles. The summed E-state index contributed by atoms with van der Waals surface area (Å²) >= 11 is 0. The molecule has 4 N–H and O–H groups in total. The highest BCUT2D eigenvalue weighted by Gasteiger charge is 2.21. The Kier molecular flexibility index (Phi) is 5.86. The van der Waals surface area contributed by atoms with Gasteiger partial charge in [-0.2, -0.15) is 5.10 Å². The number of halogens is 1. The first-order chi connectivity index (χ1) is 16.2. The van der Waals surface area contributed by atoms with Gasteiger partial charge < -0.3 is 25.3 Å². The molecule has 10 nitrogen and oxygen atoms in total.